The summed E-state index contributed by atoms with van der Waals surface area (Å²) in [5.74, 6) is 0.689. The van der Waals surface area contributed by atoms with Gasteiger partial charge in [-0.3, -0.25) is 0 Å². The van der Waals surface area contributed by atoms with Crippen molar-refractivity contribution in [3.8, 4) is 0 Å². The van der Waals surface area contributed by atoms with Crippen LogP contribution in [0, 0.1) is 12.8 Å². The lowest BCUT2D eigenvalue weighted by Gasteiger charge is -2.28. The Kier molecular flexibility index (Phi) is 4.04. The summed E-state index contributed by atoms with van der Waals surface area (Å²) in [6.07, 6.45) is 6.71. The second-order valence-electron chi connectivity index (χ2n) is 4.92. The van der Waals surface area contributed by atoms with Gasteiger partial charge in [0.15, 0.2) is 0 Å². The second kappa shape index (κ2) is 5.33. The van der Waals surface area contributed by atoms with E-state index in [1.54, 1.807) is 0 Å². The highest BCUT2D eigenvalue weighted by Crippen LogP contribution is 2.34. The molecule has 0 saturated heterocycles. The summed E-state index contributed by atoms with van der Waals surface area (Å²) < 4.78 is 1.14. The number of halogens is 1. The molecule has 2 N–H and O–H groups in total. The number of aryl methyl sites for hydroxylation is 1. The molecule has 0 heterocycles. The quantitative estimate of drug-likeness (QED) is 0.858. The van der Waals surface area contributed by atoms with E-state index in [0.29, 0.717) is 5.92 Å². The summed E-state index contributed by atoms with van der Waals surface area (Å²) >= 11 is 3.50. The molecule has 1 fully saturated rings. The summed E-state index contributed by atoms with van der Waals surface area (Å²) in [5, 5.41) is 0. The van der Waals surface area contributed by atoms with Gasteiger partial charge in [-0.05, 0) is 48.9 Å². The highest BCUT2D eigenvalue weighted by molar-refractivity contribution is 9.10. The van der Waals surface area contributed by atoms with Crippen LogP contribution in [0.3, 0.4) is 0 Å². The van der Waals surface area contributed by atoms with E-state index in [1.807, 2.05) is 0 Å². The van der Waals surface area contributed by atoms with Gasteiger partial charge in [-0.1, -0.05) is 41.3 Å². The Labute approximate surface area is 107 Å². The molecule has 1 aromatic carbocycles. The fraction of sp³-hybridized carbons (Fsp3) is 0.571. The lowest BCUT2D eigenvalue weighted by atomic mass is 9.80. The normalized spacial score (nSPS) is 19.7. The monoisotopic (exact) mass is 281 g/mol. The molecule has 1 saturated carbocycles. The van der Waals surface area contributed by atoms with Crippen LogP contribution in [0.1, 0.15) is 49.3 Å². The first-order valence-electron chi connectivity index (χ1n) is 6.20. The van der Waals surface area contributed by atoms with Gasteiger partial charge in [-0.15, -0.1) is 0 Å². The SMILES string of the molecule is Cc1cc(Br)ccc1C(N)C1CCCCC1. The molecule has 0 aromatic heterocycles. The van der Waals surface area contributed by atoms with E-state index >= 15 is 0 Å². The molecule has 1 nitrogen and oxygen atoms in total. The van der Waals surface area contributed by atoms with Crippen molar-refractivity contribution in [1.29, 1.82) is 0 Å². The summed E-state index contributed by atoms with van der Waals surface area (Å²) in [6.45, 7) is 2.16. The Hall–Kier alpha value is -0.340. The van der Waals surface area contributed by atoms with Gasteiger partial charge in [-0.2, -0.15) is 0 Å². The molecule has 0 bridgehead atoms. The number of nitrogens with two attached hydrogens (primary N) is 1. The lowest BCUT2D eigenvalue weighted by molar-refractivity contribution is 0.307. The summed E-state index contributed by atoms with van der Waals surface area (Å²) in [4.78, 5) is 0. The zero-order valence-corrected chi connectivity index (χ0v) is 11.5. The third kappa shape index (κ3) is 2.67. The van der Waals surface area contributed by atoms with E-state index in [2.05, 4.69) is 41.1 Å². The molecule has 1 aliphatic rings. The molecule has 1 atom stereocenters. The topological polar surface area (TPSA) is 26.0 Å². The van der Waals surface area contributed by atoms with Crippen LogP contribution >= 0.6 is 15.9 Å². The molecular weight excluding hydrogens is 262 g/mol. The first kappa shape index (κ1) is 12.1. The lowest BCUT2D eigenvalue weighted by Crippen LogP contribution is -2.24. The van der Waals surface area contributed by atoms with Gasteiger partial charge in [0, 0.05) is 10.5 Å². The molecule has 2 rings (SSSR count). The van der Waals surface area contributed by atoms with Crippen LogP contribution < -0.4 is 5.73 Å². The molecule has 1 aromatic rings. The third-order valence-corrected chi connectivity index (χ3v) is 4.24. The van der Waals surface area contributed by atoms with Crippen LogP contribution in [0.15, 0.2) is 22.7 Å². The second-order valence-corrected chi connectivity index (χ2v) is 5.84. The maximum atomic E-state index is 6.41. The molecule has 0 spiro atoms. The maximum absolute atomic E-state index is 6.41. The number of benzene rings is 1. The Balaban J connectivity index is 2.15. The maximum Gasteiger partial charge on any atom is 0.0326 e. The van der Waals surface area contributed by atoms with Crippen molar-refractivity contribution in [2.24, 2.45) is 11.7 Å². The zero-order chi connectivity index (χ0) is 11.5. The minimum Gasteiger partial charge on any atom is -0.324 e. The van der Waals surface area contributed by atoms with Gasteiger partial charge < -0.3 is 5.73 Å². The zero-order valence-electron chi connectivity index (χ0n) is 9.88. The largest absolute Gasteiger partial charge is 0.324 e. The average Bonchev–Trinajstić information content (AvgIpc) is 2.29. The smallest absolute Gasteiger partial charge is 0.0326 e. The predicted octanol–water partition coefficient (Wildman–Crippen LogP) is 4.34. The first-order valence-corrected chi connectivity index (χ1v) is 6.99. The van der Waals surface area contributed by atoms with E-state index in [-0.39, 0.29) is 6.04 Å². The van der Waals surface area contributed by atoms with Crippen LogP contribution in [0.4, 0.5) is 0 Å². The van der Waals surface area contributed by atoms with Crippen molar-refractivity contribution < 1.29 is 0 Å². The van der Waals surface area contributed by atoms with Crippen LogP contribution in [0.25, 0.3) is 0 Å². The minimum absolute atomic E-state index is 0.230. The third-order valence-electron chi connectivity index (χ3n) is 3.75. The molecule has 0 aliphatic heterocycles. The van der Waals surface area contributed by atoms with Crippen LogP contribution in [0.5, 0.6) is 0 Å². The highest BCUT2D eigenvalue weighted by Gasteiger charge is 2.22. The predicted molar refractivity (Wildman–Crippen MR) is 72.4 cm³/mol. The highest BCUT2D eigenvalue weighted by atomic mass is 79.9. The molecule has 2 heteroatoms. The fourth-order valence-corrected chi connectivity index (χ4v) is 3.24. The van der Waals surface area contributed by atoms with E-state index in [1.165, 1.54) is 43.2 Å². The Bertz CT molecular complexity index is 356. The van der Waals surface area contributed by atoms with Crippen molar-refractivity contribution in [1.82, 2.24) is 0 Å². The van der Waals surface area contributed by atoms with Crippen molar-refractivity contribution in [2.45, 2.75) is 45.1 Å². The van der Waals surface area contributed by atoms with E-state index in [9.17, 15) is 0 Å². The number of hydrogen-bond donors (Lipinski definition) is 1. The Morgan fingerprint density at radius 3 is 2.56 bits per heavy atom. The molecular formula is C14H20BrN. The standard InChI is InChI=1S/C14H20BrN/c1-10-9-12(15)7-8-13(10)14(16)11-5-3-2-4-6-11/h7-9,11,14H,2-6,16H2,1H3. The van der Waals surface area contributed by atoms with Crippen LogP contribution in [-0.2, 0) is 0 Å². The van der Waals surface area contributed by atoms with E-state index < -0.39 is 0 Å². The van der Waals surface area contributed by atoms with Crippen molar-refractivity contribution in [2.75, 3.05) is 0 Å². The molecule has 0 amide bonds. The fourth-order valence-electron chi connectivity index (χ4n) is 2.76. The summed E-state index contributed by atoms with van der Waals surface area (Å²) in [5.41, 5.74) is 9.05. The molecule has 1 unspecified atom stereocenters. The molecule has 0 radical (unpaired) electrons. The molecule has 88 valence electrons. The van der Waals surface area contributed by atoms with Crippen molar-refractivity contribution in [3.63, 3.8) is 0 Å². The van der Waals surface area contributed by atoms with Crippen molar-refractivity contribution >= 4 is 15.9 Å². The summed E-state index contributed by atoms with van der Waals surface area (Å²) in [7, 11) is 0. The first-order chi connectivity index (χ1) is 7.68. The van der Waals surface area contributed by atoms with Gasteiger partial charge >= 0.3 is 0 Å². The van der Waals surface area contributed by atoms with Gasteiger partial charge in [-0.25, -0.2) is 0 Å². The molecule has 16 heavy (non-hydrogen) atoms. The molecule has 1 aliphatic carbocycles. The van der Waals surface area contributed by atoms with Gasteiger partial charge in [0.1, 0.15) is 0 Å². The van der Waals surface area contributed by atoms with Crippen LogP contribution in [0.2, 0.25) is 0 Å². The van der Waals surface area contributed by atoms with Crippen LogP contribution in [-0.4, -0.2) is 0 Å². The Morgan fingerprint density at radius 2 is 1.94 bits per heavy atom. The van der Waals surface area contributed by atoms with Gasteiger partial charge in [0.25, 0.3) is 0 Å². The average molecular weight is 282 g/mol. The minimum atomic E-state index is 0.230. The van der Waals surface area contributed by atoms with E-state index in [4.69, 9.17) is 5.73 Å². The van der Waals surface area contributed by atoms with Crippen molar-refractivity contribution in [3.05, 3.63) is 33.8 Å². The number of rotatable bonds is 2. The Morgan fingerprint density at radius 1 is 1.25 bits per heavy atom. The summed E-state index contributed by atoms with van der Waals surface area (Å²) in [6, 6.07) is 6.68. The van der Waals surface area contributed by atoms with Gasteiger partial charge in [0.05, 0.1) is 0 Å². The number of hydrogen-bond acceptors (Lipinski definition) is 1. The van der Waals surface area contributed by atoms with Gasteiger partial charge in [0.2, 0.25) is 0 Å². The van der Waals surface area contributed by atoms with E-state index in [0.717, 1.165) is 4.47 Å².